The van der Waals surface area contributed by atoms with Gasteiger partial charge in [0.25, 0.3) is 0 Å². The summed E-state index contributed by atoms with van der Waals surface area (Å²) in [6.45, 7) is 5.87. The molecule has 0 fully saturated rings. The molecule has 0 radical (unpaired) electrons. The molecule has 0 aliphatic heterocycles. The standard InChI is InChI=1S/C18H29N3O2/c1-3-5-6-9-15-16(8-4-2)21(18(23)17(15)22)12-7-11-20-13-10-19-14-20/h10,13-14,22-23H,3-9,11-12H2,1-2H3. The van der Waals surface area contributed by atoms with Gasteiger partial charge in [-0.05, 0) is 25.7 Å². The summed E-state index contributed by atoms with van der Waals surface area (Å²) in [5.74, 6) is 0.123. The minimum Gasteiger partial charge on any atom is -0.503 e. The van der Waals surface area contributed by atoms with Gasteiger partial charge in [0, 0.05) is 36.7 Å². The van der Waals surface area contributed by atoms with Crippen LogP contribution < -0.4 is 0 Å². The minimum atomic E-state index is 0.0329. The fourth-order valence-electron chi connectivity index (χ4n) is 3.10. The maximum Gasteiger partial charge on any atom is 0.235 e. The lowest BCUT2D eigenvalue weighted by molar-refractivity contribution is 0.364. The van der Waals surface area contributed by atoms with Crippen LogP contribution >= 0.6 is 0 Å². The molecule has 5 heteroatoms. The molecule has 0 aromatic carbocycles. The lowest BCUT2D eigenvalue weighted by Gasteiger charge is -2.11. The number of unbranched alkanes of at least 4 members (excludes halogenated alkanes) is 2. The number of hydrogen-bond acceptors (Lipinski definition) is 3. The number of nitrogens with zero attached hydrogens (tertiary/aromatic N) is 3. The highest BCUT2D eigenvalue weighted by molar-refractivity contribution is 5.47. The zero-order valence-corrected chi connectivity index (χ0v) is 14.3. The maximum absolute atomic E-state index is 10.3. The predicted molar refractivity (Wildman–Crippen MR) is 91.8 cm³/mol. The minimum absolute atomic E-state index is 0.0329. The monoisotopic (exact) mass is 319 g/mol. The Bertz CT molecular complexity index is 588. The Kier molecular flexibility index (Phi) is 6.56. The normalized spacial score (nSPS) is 11.2. The molecule has 2 aromatic rings. The molecule has 2 heterocycles. The molecule has 0 amide bonds. The molecule has 0 saturated carbocycles. The van der Waals surface area contributed by atoms with Crippen molar-refractivity contribution in [3.05, 3.63) is 30.0 Å². The van der Waals surface area contributed by atoms with Gasteiger partial charge in [-0.3, -0.25) is 0 Å². The predicted octanol–water partition coefficient (Wildman–Crippen LogP) is 3.87. The summed E-state index contributed by atoms with van der Waals surface area (Å²) in [7, 11) is 0. The zero-order chi connectivity index (χ0) is 16.7. The van der Waals surface area contributed by atoms with Crippen molar-refractivity contribution in [1.29, 1.82) is 0 Å². The van der Waals surface area contributed by atoms with E-state index in [0.29, 0.717) is 6.54 Å². The van der Waals surface area contributed by atoms with Gasteiger partial charge in [-0.25, -0.2) is 4.98 Å². The van der Waals surface area contributed by atoms with E-state index in [4.69, 9.17) is 0 Å². The van der Waals surface area contributed by atoms with Gasteiger partial charge in [-0.1, -0.05) is 33.1 Å². The van der Waals surface area contributed by atoms with E-state index in [-0.39, 0.29) is 11.6 Å². The molecule has 0 spiro atoms. The second-order valence-electron chi connectivity index (χ2n) is 6.11. The number of imidazole rings is 1. The topological polar surface area (TPSA) is 63.2 Å². The van der Waals surface area contributed by atoms with Crippen LogP contribution in [0.2, 0.25) is 0 Å². The number of aryl methyl sites for hydroxylation is 1. The van der Waals surface area contributed by atoms with E-state index in [1.807, 2.05) is 15.3 Å². The van der Waals surface area contributed by atoms with Crippen molar-refractivity contribution in [2.24, 2.45) is 0 Å². The van der Waals surface area contributed by atoms with Crippen molar-refractivity contribution >= 4 is 0 Å². The van der Waals surface area contributed by atoms with Crippen LogP contribution in [0.15, 0.2) is 18.7 Å². The van der Waals surface area contributed by atoms with Crippen LogP contribution in [0.5, 0.6) is 11.6 Å². The summed E-state index contributed by atoms with van der Waals surface area (Å²) < 4.78 is 3.93. The Balaban J connectivity index is 2.10. The Morgan fingerprint density at radius 2 is 1.83 bits per heavy atom. The Morgan fingerprint density at radius 1 is 1.00 bits per heavy atom. The molecular formula is C18H29N3O2. The second kappa shape index (κ2) is 8.65. The molecule has 23 heavy (non-hydrogen) atoms. The third-order valence-corrected chi connectivity index (χ3v) is 4.30. The van der Waals surface area contributed by atoms with Gasteiger partial charge in [0.2, 0.25) is 5.88 Å². The molecule has 0 atom stereocenters. The molecule has 2 aromatic heterocycles. The van der Waals surface area contributed by atoms with E-state index in [1.165, 1.54) is 0 Å². The summed E-state index contributed by atoms with van der Waals surface area (Å²) in [5, 5.41) is 20.7. The molecule has 0 aliphatic carbocycles. The van der Waals surface area contributed by atoms with Crippen molar-refractivity contribution in [1.82, 2.24) is 14.1 Å². The van der Waals surface area contributed by atoms with Gasteiger partial charge in [0.05, 0.1) is 6.33 Å². The highest BCUT2D eigenvalue weighted by atomic mass is 16.3. The fourth-order valence-corrected chi connectivity index (χ4v) is 3.10. The number of rotatable bonds is 10. The van der Waals surface area contributed by atoms with E-state index in [9.17, 15) is 10.2 Å². The third kappa shape index (κ3) is 4.30. The summed E-state index contributed by atoms with van der Waals surface area (Å²) >= 11 is 0. The summed E-state index contributed by atoms with van der Waals surface area (Å²) in [6.07, 6.45) is 12.5. The van der Waals surface area contributed by atoms with Crippen LogP contribution in [0.1, 0.15) is 57.2 Å². The quantitative estimate of drug-likeness (QED) is 0.653. The summed E-state index contributed by atoms with van der Waals surface area (Å²) in [5.41, 5.74) is 2.05. The lowest BCUT2D eigenvalue weighted by atomic mass is 10.0. The molecular weight excluding hydrogens is 290 g/mol. The van der Waals surface area contributed by atoms with Crippen LogP contribution in [0.3, 0.4) is 0 Å². The smallest absolute Gasteiger partial charge is 0.235 e. The first-order chi connectivity index (χ1) is 11.2. The molecule has 0 bridgehead atoms. The Labute approximate surface area is 138 Å². The van der Waals surface area contributed by atoms with E-state index in [0.717, 1.165) is 62.7 Å². The fraction of sp³-hybridized carbons (Fsp3) is 0.611. The highest BCUT2D eigenvalue weighted by Gasteiger charge is 2.20. The number of aromatic hydroxyl groups is 2. The molecule has 0 saturated heterocycles. The molecule has 2 rings (SSSR count). The molecule has 0 aliphatic rings. The average Bonchev–Trinajstić information content (AvgIpc) is 3.13. The van der Waals surface area contributed by atoms with Crippen LogP contribution in [0.4, 0.5) is 0 Å². The van der Waals surface area contributed by atoms with Gasteiger partial charge in [0.1, 0.15) is 0 Å². The molecule has 0 unspecified atom stereocenters. The molecule has 5 nitrogen and oxygen atoms in total. The Morgan fingerprint density at radius 3 is 2.48 bits per heavy atom. The van der Waals surface area contributed by atoms with Gasteiger partial charge >= 0.3 is 0 Å². The largest absolute Gasteiger partial charge is 0.503 e. The average molecular weight is 319 g/mol. The van der Waals surface area contributed by atoms with E-state index >= 15 is 0 Å². The van der Waals surface area contributed by atoms with Crippen LogP contribution in [0, 0.1) is 0 Å². The summed E-state index contributed by atoms with van der Waals surface area (Å²) in [4.78, 5) is 4.04. The first-order valence-electron chi connectivity index (χ1n) is 8.76. The van der Waals surface area contributed by atoms with E-state index < -0.39 is 0 Å². The number of aromatic nitrogens is 3. The van der Waals surface area contributed by atoms with Gasteiger partial charge in [-0.2, -0.15) is 0 Å². The first kappa shape index (κ1) is 17.4. The van der Waals surface area contributed by atoms with E-state index in [1.54, 1.807) is 12.5 Å². The van der Waals surface area contributed by atoms with Crippen molar-refractivity contribution in [2.45, 2.75) is 71.9 Å². The Hall–Kier alpha value is -1.91. The maximum atomic E-state index is 10.3. The third-order valence-electron chi connectivity index (χ3n) is 4.30. The number of hydrogen-bond donors (Lipinski definition) is 2. The molecule has 128 valence electrons. The van der Waals surface area contributed by atoms with Gasteiger partial charge < -0.3 is 19.3 Å². The van der Waals surface area contributed by atoms with Crippen molar-refractivity contribution in [3.8, 4) is 11.6 Å². The SMILES string of the molecule is CCCCCc1c(O)c(O)n(CCCn2ccnc2)c1CCC. The van der Waals surface area contributed by atoms with E-state index in [2.05, 4.69) is 18.8 Å². The molecule has 2 N–H and O–H groups in total. The lowest BCUT2D eigenvalue weighted by Crippen LogP contribution is -2.07. The van der Waals surface area contributed by atoms with Gasteiger partial charge in [-0.15, -0.1) is 0 Å². The van der Waals surface area contributed by atoms with Crippen LogP contribution in [0.25, 0.3) is 0 Å². The van der Waals surface area contributed by atoms with Crippen molar-refractivity contribution < 1.29 is 10.2 Å². The van der Waals surface area contributed by atoms with Crippen LogP contribution in [-0.2, 0) is 25.9 Å². The van der Waals surface area contributed by atoms with Crippen molar-refractivity contribution in [2.75, 3.05) is 0 Å². The summed E-state index contributed by atoms with van der Waals surface area (Å²) in [6, 6.07) is 0. The second-order valence-corrected chi connectivity index (χ2v) is 6.11. The first-order valence-corrected chi connectivity index (χ1v) is 8.76. The zero-order valence-electron chi connectivity index (χ0n) is 14.3. The van der Waals surface area contributed by atoms with Crippen LogP contribution in [-0.4, -0.2) is 24.3 Å². The van der Waals surface area contributed by atoms with Crippen molar-refractivity contribution in [3.63, 3.8) is 0 Å². The van der Waals surface area contributed by atoms with Gasteiger partial charge in [0.15, 0.2) is 5.75 Å². The highest BCUT2D eigenvalue weighted by Crippen LogP contribution is 2.37.